The Hall–Kier alpha value is 0.290. The van der Waals surface area contributed by atoms with Crippen molar-refractivity contribution in [1.29, 1.82) is 0 Å². The standard InChI is InChI=1S/C16H27Cl/c1-10(2)15(17)11(3)16-7-12-4-13(8-16)6-14(5-12)9-16/h10-15H,4-9H2,1-3H3. The monoisotopic (exact) mass is 254 g/mol. The fourth-order valence-electron chi connectivity index (χ4n) is 5.65. The molecule has 2 unspecified atom stereocenters. The van der Waals surface area contributed by atoms with E-state index in [1.54, 1.807) is 19.3 Å². The maximum atomic E-state index is 6.70. The summed E-state index contributed by atoms with van der Waals surface area (Å²) < 4.78 is 0. The highest BCUT2D eigenvalue weighted by molar-refractivity contribution is 6.21. The second kappa shape index (κ2) is 4.15. The molecule has 0 amide bonds. The van der Waals surface area contributed by atoms with E-state index < -0.39 is 0 Å². The summed E-state index contributed by atoms with van der Waals surface area (Å²) >= 11 is 6.70. The van der Waals surface area contributed by atoms with E-state index in [4.69, 9.17) is 11.6 Å². The average molecular weight is 255 g/mol. The van der Waals surface area contributed by atoms with Gasteiger partial charge in [0, 0.05) is 5.38 Å². The van der Waals surface area contributed by atoms with Gasteiger partial charge in [0.2, 0.25) is 0 Å². The molecule has 4 aliphatic carbocycles. The summed E-state index contributed by atoms with van der Waals surface area (Å²) in [6.07, 6.45) is 9.12. The molecule has 98 valence electrons. The van der Waals surface area contributed by atoms with Crippen LogP contribution in [0.3, 0.4) is 0 Å². The summed E-state index contributed by atoms with van der Waals surface area (Å²) in [5.41, 5.74) is 0.630. The molecule has 0 aromatic carbocycles. The lowest BCUT2D eigenvalue weighted by Gasteiger charge is -2.60. The minimum absolute atomic E-state index is 0.381. The predicted octanol–water partition coefficient (Wildman–Crippen LogP) is 5.10. The molecule has 17 heavy (non-hydrogen) atoms. The molecular weight excluding hydrogens is 228 g/mol. The lowest BCUT2D eigenvalue weighted by atomic mass is 9.46. The van der Waals surface area contributed by atoms with Gasteiger partial charge in [-0.25, -0.2) is 0 Å². The van der Waals surface area contributed by atoms with Crippen molar-refractivity contribution in [1.82, 2.24) is 0 Å². The Morgan fingerprint density at radius 3 is 1.65 bits per heavy atom. The Morgan fingerprint density at radius 2 is 1.29 bits per heavy atom. The Morgan fingerprint density at radius 1 is 0.882 bits per heavy atom. The van der Waals surface area contributed by atoms with Crippen LogP contribution in [0.4, 0.5) is 0 Å². The van der Waals surface area contributed by atoms with Gasteiger partial charge >= 0.3 is 0 Å². The fourth-order valence-corrected chi connectivity index (χ4v) is 5.92. The van der Waals surface area contributed by atoms with Crippen LogP contribution in [0.5, 0.6) is 0 Å². The van der Waals surface area contributed by atoms with Gasteiger partial charge in [0.1, 0.15) is 0 Å². The van der Waals surface area contributed by atoms with E-state index in [2.05, 4.69) is 20.8 Å². The molecule has 0 aromatic rings. The zero-order chi connectivity index (χ0) is 12.2. The lowest BCUT2D eigenvalue weighted by molar-refractivity contribution is -0.0858. The van der Waals surface area contributed by atoms with Crippen molar-refractivity contribution in [2.75, 3.05) is 0 Å². The molecule has 4 saturated carbocycles. The third-order valence-corrected chi connectivity index (χ3v) is 7.05. The number of rotatable bonds is 3. The van der Waals surface area contributed by atoms with Gasteiger partial charge in [-0.15, -0.1) is 11.6 Å². The van der Waals surface area contributed by atoms with Crippen molar-refractivity contribution in [3.8, 4) is 0 Å². The van der Waals surface area contributed by atoms with Crippen LogP contribution in [0, 0.1) is 35.0 Å². The van der Waals surface area contributed by atoms with Crippen molar-refractivity contribution >= 4 is 11.6 Å². The van der Waals surface area contributed by atoms with Crippen molar-refractivity contribution < 1.29 is 0 Å². The van der Waals surface area contributed by atoms with E-state index in [0.717, 1.165) is 23.7 Å². The van der Waals surface area contributed by atoms with Crippen LogP contribution in [-0.4, -0.2) is 5.38 Å². The van der Waals surface area contributed by atoms with Gasteiger partial charge in [-0.05, 0) is 73.5 Å². The topological polar surface area (TPSA) is 0 Å². The smallest absolute Gasteiger partial charge is 0.0389 e. The first-order valence-electron chi connectivity index (χ1n) is 7.64. The van der Waals surface area contributed by atoms with Crippen LogP contribution in [0.25, 0.3) is 0 Å². The van der Waals surface area contributed by atoms with E-state index in [0.29, 0.717) is 16.7 Å². The Kier molecular flexibility index (Phi) is 3.01. The number of halogens is 1. The summed E-state index contributed by atoms with van der Waals surface area (Å²) in [5.74, 6) is 4.51. The van der Waals surface area contributed by atoms with Crippen molar-refractivity contribution in [2.45, 2.75) is 64.7 Å². The molecule has 1 heteroatoms. The van der Waals surface area contributed by atoms with Gasteiger partial charge in [-0.1, -0.05) is 20.8 Å². The van der Waals surface area contributed by atoms with Gasteiger partial charge in [-0.2, -0.15) is 0 Å². The summed E-state index contributed by atoms with van der Waals surface area (Å²) in [6.45, 7) is 7.02. The first-order valence-corrected chi connectivity index (χ1v) is 8.08. The van der Waals surface area contributed by atoms with Gasteiger partial charge in [0.25, 0.3) is 0 Å². The van der Waals surface area contributed by atoms with Gasteiger partial charge < -0.3 is 0 Å². The highest BCUT2D eigenvalue weighted by atomic mass is 35.5. The summed E-state index contributed by atoms with van der Waals surface area (Å²) in [4.78, 5) is 0. The van der Waals surface area contributed by atoms with Crippen molar-refractivity contribution in [2.24, 2.45) is 35.0 Å². The van der Waals surface area contributed by atoms with E-state index in [-0.39, 0.29) is 0 Å². The second-order valence-electron chi connectivity index (χ2n) is 7.76. The number of hydrogen-bond donors (Lipinski definition) is 0. The molecule has 0 spiro atoms. The lowest BCUT2D eigenvalue weighted by Crippen LogP contribution is -2.51. The number of hydrogen-bond acceptors (Lipinski definition) is 0. The zero-order valence-corrected chi connectivity index (χ0v) is 12.3. The third-order valence-electron chi connectivity index (χ3n) is 6.17. The minimum atomic E-state index is 0.381. The molecule has 4 aliphatic rings. The van der Waals surface area contributed by atoms with Crippen LogP contribution in [0.15, 0.2) is 0 Å². The minimum Gasteiger partial charge on any atom is -0.122 e. The quantitative estimate of drug-likeness (QED) is 0.615. The normalized spacial score (nSPS) is 47.5. The van der Waals surface area contributed by atoms with Gasteiger partial charge in [-0.3, -0.25) is 0 Å². The molecule has 2 atom stereocenters. The maximum Gasteiger partial charge on any atom is 0.0389 e. The molecule has 4 rings (SSSR count). The van der Waals surface area contributed by atoms with Crippen LogP contribution in [0.1, 0.15) is 59.3 Å². The van der Waals surface area contributed by atoms with Crippen LogP contribution < -0.4 is 0 Å². The van der Waals surface area contributed by atoms with E-state index in [9.17, 15) is 0 Å². The second-order valence-corrected chi connectivity index (χ2v) is 8.26. The van der Waals surface area contributed by atoms with E-state index in [1.807, 2.05) is 0 Å². The first-order chi connectivity index (χ1) is 8.00. The molecule has 0 aromatic heterocycles. The summed E-state index contributed by atoms with van der Waals surface area (Å²) in [7, 11) is 0. The highest BCUT2D eigenvalue weighted by Crippen LogP contribution is 2.63. The predicted molar refractivity (Wildman–Crippen MR) is 74.2 cm³/mol. The summed E-state index contributed by atoms with van der Waals surface area (Å²) in [6, 6.07) is 0. The Bertz CT molecular complexity index is 259. The molecule has 4 bridgehead atoms. The van der Waals surface area contributed by atoms with Crippen molar-refractivity contribution in [3.05, 3.63) is 0 Å². The maximum absolute atomic E-state index is 6.70. The molecule has 0 saturated heterocycles. The van der Waals surface area contributed by atoms with Gasteiger partial charge in [0.15, 0.2) is 0 Å². The zero-order valence-electron chi connectivity index (χ0n) is 11.6. The highest BCUT2D eigenvalue weighted by Gasteiger charge is 2.54. The molecule has 0 heterocycles. The molecule has 0 nitrogen and oxygen atoms in total. The largest absolute Gasteiger partial charge is 0.122 e. The van der Waals surface area contributed by atoms with Crippen LogP contribution in [0.2, 0.25) is 0 Å². The summed E-state index contributed by atoms with van der Waals surface area (Å²) in [5, 5.41) is 0.381. The SMILES string of the molecule is CC(C)C(Cl)C(C)C12CC3CC(CC(C3)C1)C2. The first kappa shape index (κ1) is 12.3. The molecule has 0 aliphatic heterocycles. The molecule has 0 radical (unpaired) electrons. The van der Waals surface area contributed by atoms with E-state index in [1.165, 1.54) is 19.3 Å². The number of alkyl halides is 1. The Balaban J connectivity index is 1.81. The van der Waals surface area contributed by atoms with Crippen molar-refractivity contribution in [3.63, 3.8) is 0 Å². The third kappa shape index (κ3) is 1.95. The molecule has 4 fully saturated rings. The van der Waals surface area contributed by atoms with Gasteiger partial charge in [0.05, 0.1) is 0 Å². The molecule has 0 N–H and O–H groups in total. The average Bonchev–Trinajstić information content (AvgIpc) is 2.25. The fraction of sp³-hybridized carbons (Fsp3) is 1.00. The van der Waals surface area contributed by atoms with E-state index >= 15 is 0 Å². The Labute approximate surface area is 111 Å². The van der Waals surface area contributed by atoms with Crippen LogP contribution >= 0.6 is 11.6 Å². The van der Waals surface area contributed by atoms with Crippen LogP contribution in [-0.2, 0) is 0 Å². The molecular formula is C16H27Cl.